The van der Waals surface area contributed by atoms with Gasteiger partial charge in [0.05, 0.1) is 24.6 Å². The molecule has 2 aromatic rings. The van der Waals surface area contributed by atoms with Gasteiger partial charge in [-0.2, -0.15) is 0 Å². The predicted molar refractivity (Wildman–Crippen MR) is 79.6 cm³/mol. The molecule has 0 aliphatic carbocycles. The first-order valence-electron chi connectivity index (χ1n) is 6.80. The molecule has 1 aromatic heterocycles. The van der Waals surface area contributed by atoms with Gasteiger partial charge in [0.1, 0.15) is 11.3 Å². The third kappa shape index (κ3) is 2.38. The number of esters is 1. The largest absolute Gasteiger partial charge is 0.506 e. The number of nitrogens with zero attached hydrogens (tertiary/aromatic N) is 2. The van der Waals surface area contributed by atoms with Gasteiger partial charge in [0.25, 0.3) is 0 Å². The number of rotatable bonds is 2. The van der Waals surface area contributed by atoms with Gasteiger partial charge in [-0.1, -0.05) is 0 Å². The Balaban J connectivity index is 2.12. The van der Waals surface area contributed by atoms with E-state index >= 15 is 0 Å². The van der Waals surface area contributed by atoms with E-state index in [2.05, 4.69) is 9.88 Å². The number of hydrogen-bond acceptors (Lipinski definition) is 6. The van der Waals surface area contributed by atoms with Crippen LogP contribution in [0.15, 0.2) is 24.4 Å². The lowest BCUT2D eigenvalue weighted by Crippen LogP contribution is -2.26. The number of methoxy groups -OCH3 is 1. The number of fused-ring (bicyclic) bond motifs is 1. The second kappa shape index (κ2) is 5.21. The van der Waals surface area contributed by atoms with Gasteiger partial charge < -0.3 is 20.5 Å². The van der Waals surface area contributed by atoms with Crippen molar-refractivity contribution in [3.05, 3.63) is 30.0 Å². The minimum Gasteiger partial charge on any atom is -0.506 e. The maximum absolute atomic E-state index is 11.9. The SMILES string of the molecule is COC(=O)c1ccc(O)c2ncc(N3CC[C@@H](N)C3)cc12. The number of aromatic nitrogens is 1. The molecular formula is C15H17N3O3. The number of anilines is 1. The van der Waals surface area contributed by atoms with Crippen molar-refractivity contribution < 1.29 is 14.6 Å². The number of nitrogens with two attached hydrogens (primary N) is 1. The molecule has 1 saturated heterocycles. The van der Waals surface area contributed by atoms with Gasteiger partial charge in [-0.05, 0) is 24.6 Å². The average Bonchev–Trinajstić information content (AvgIpc) is 2.93. The molecule has 6 heteroatoms. The maximum atomic E-state index is 11.9. The molecule has 6 nitrogen and oxygen atoms in total. The van der Waals surface area contributed by atoms with Crippen LogP contribution in [0.25, 0.3) is 10.9 Å². The summed E-state index contributed by atoms with van der Waals surface area (Å²) in [7, 11) is 1.33. The van der Waals surface area contributed by atoms with Gasteiger partial charge in [0.15, 0.2) is 0 Å². The highest BCUT2D eigenvalue weighted by atomic mass is 16.5. The number of carbonyl (C=O) groups excluding carboxylic acids is 1. The summed E-state index contributed by atoms with van der Waals surface area (Å²) in [4.78, 5) is 18.3. The van der Waals surface area contributed by atoms with Gasteiger partial charge >= 0.3 is 5.97 Å². The van der Waals surface area contributed by atoms with E-state index < -0.39 is 5.97 Å². The number of benzene rings is 1. The van der Waals surface area contributed by atoms with Crippen LogP contribution >= 0.6 is 0 Å². The van der Waals surface area contributed by atoms with Crippen LogP contribution in [0.1, 0.15) is 16.8 Å². The predicted octanol–water partition coefficient (Wildman–Crippen LogP) is 1.26. The maximum Gasteiger partial charge on any atom is 0.338 e. The average molecular weight is 287 g/mol. The van der Waals surface area contributed by atoms with Crippen molar-refractivity contribution in [3.8, 4) is 5.75 Å². The molecule has 1 aliphatic rings. The van der Waals surface area contributed by atoms with Crippen molar-refractivity contribution in [2.24, 2.45) is 5.73 Å². The lowest BCUT2D eigenvalue weighted by Gasteiger charge is -2.18. The number of phenolic OH excluding ortho intramolecular Hbond substituents is 1. The summed E-state index contributed by atoms with van der Waals surface area (Å²) in [5, 5.41) is 10.5. The van der Waals surface area contributed by atoms with E-state index in [1.165, 1.54) is 13.2 Å². The third-order valence-corrected chi connectivity index (χ3v) is 3.81. The molecule has 0 amide bonds. The van der Waals surface area contributed by atoms with Crippen LogP contribution in [0.3, 0.4) is 0 Å². The summed E-state index contributed by atoms with van der Waals surface area (Å²) in [6, 6.07) is 5.01. The van der Waals surface area contributed by atoms with E-state index in [1.807, 2.05) is 6.07 Å². The number of carbonyl (C=O) groups is 1. The molecule has 0 bridgehead atoms. The van der Waals surface area contributed by atoms with Crippen LogP contribution in [0.4, 0.5) is 5.69 Å². The zero-order valence-corrected chi connectivity index (χ0v) is 11.7. The Kier molecular flexibility index (Phi) is 3.39. The molecule has 1 fully saturated rings. The number of hydrogen-bond donors (Lipinski definition) is 2. The Hall–Kier alpha value is -2.34. The van der Waals surface area contributed by atoms with Crippen LogP contribution in [0.2, 0.25) is 0 Å². The smallest absolute Gasteiger partial charge is 0.338 e. The molecule has 3 rings (SSSR count). The van der Waals surface area contributed by atoms with Crippen molar-refractivity contribution in [3.63, 3.8) is 0 Å². The van der Waals surface area contributed by atoms with Crippen LogP contribution in [0, 0.1) is 0 Å². The number of phenols is 1. The van der Waals surface area contributed by atoms with E-state index in [9.17, 15) is 9.90 Å². The second-order valence-corrected chi connectivity index (χ2v) is 5.21. The van der Waals surface area contributed by atoms with Gasteiger partial charge in [0, 0.05) is 24.5 Å². The molecule has 0 saturated carbocycles. The number of pyridine rings is 1. The molecule has 1 aromatic carbocycles. The molecule has 1 aliphatic heterocycles. The zero-order chi connectivity index (χ0) is 15.0. The summed E-state index contributed by atoms with van der Waals surface area (Å²) in [5.41, 5.74) is 7.60. The second-order valence-electron chi connectivity index (χ2n) is 5.21. The first kappa shape index (κ1) is 13.6. The van der Waals surface area contributed by atoms with Crippen molar-refractivity contribution in [1.29, 1.82) is 0 Å². The highest BCUT2D eigenvalue weighted by Gasteiger charge is 2.21. The van der Waals surface area contributed by atoms with E-state index in [0.29, 0.717) is 16.5 Å². The van der Waals surface area contributed by atoms with E-state index in [0.717, 1.165) is 25.2 Å². The monoisotopic (exact) mass is 287 g/mol. The highest BCUT2D eigenvalue weighted by Crippen LogP contribution is 2.30. The lowest BCUT2D eigenvalue weighted by molar-refractivity contribution is 0.0603. The van der Waals surface area contributed by atoms with Crippen molar-refractivity contribution in [2.45, 2.75) is 12.5 Å². The zero-order valence-electron chi connectivity index (χ0n) is 11.7. The molecule has 110 valence electrons. The van der Waals surface area contributed by atoms with E-state index in [1.54, 1.807) is 12.3 Å². The minimum atomic E-state index is -0.447. The fourth-order valence-electron chi connectivity index (χ4n) is 2.68. The Morgan fingerprint density at radius 2 is 2.33 bits per heavy atom. The minimum absolute atomic E-state index is 0.0438. The number of aromatic hydroxyl groups is 1. The molecule has 0 radical (unpaired) electrons. The van der Waals surface area contributed by atoms with Gasteiger partial charge in [0.2, 0.25) is 0 Å². The molecular weight excluding hydrogens is 270 g/mol. The topological polar surface area (TPSA) is 88.7 Å². The van der Waals surface area contributed by atoms with E-state index in [4.69, 9.17) is 10.5 Å². The molecule has 0 unspecified atom stereocenters. The standard InChI is InChI=1S/C15H17N3O3/c1-21-15(20)11-2-3-13(19)14-12(11)6-10(7-17-14)18-5-4-9(16)8-18/h2-3,6-7,9,19H,4-5,8,16H2,1H3/t9-/m1/s1. The van der Waals surface area contributed by atoms with Crippen LogP contribution in [-0.4, -0.2) is 42.3 Å². The normalized spacial score (nSPS) is 18.2. The van der Waals surface area contributed by atoms with Crippen molar-refractivity contribution in [1.82, 2.24) is 4.98 Å². The molecule has 1 atom stereocenters. The highest BCUT2D eigenvalue weighted by molar-refractivity contribution is 6.05. The molecule has 21 heavy (non-hydrogen) atoms. The molecule has 3 N–H and O–H groups in total. The van der Waals surface area contributed by atoms with Gasteiger partial charge in [-0.25, -0.2) is 4.79 Å². The summed E-state index contributed by atoms with van der Waals surface area (Å²) < 4.78 is 4.78. The summed E-state index contributed by atoms with van der Waals surface area (Å²) in [5.74, 6) is -0.403. The summed E-state index contributed by atoms with van der Waals surface area (Å²) >= 11 is 0. The Morgan fingerprint density at radius 3 is 3.00 bits per heavy atom. The lowest BCUT2D eigenvalue weighted by atomic mass is 10.1. The quantitative estimate of drug-likeness (QED) is 0.808. The fourth-order valence-corrected chi connectivity index (χ4v) is 2.68. The third-order valence-electron chi connectivity index (χ3n) is 3.81. The first-order valence-corrected chi connectivity index (χ1v) is 6.80. The van der Waals surface area contributed by atoms with Crippen LogP contribution in [0.5, 0.6) is 5.75 Å². The van der Waals surface area contributed by atoms with Gasteiger partial charge in [-0.3, -0.25) is 4.98 Å². The summed E-state index contributed by atoms with van der Waals surface area (Å²) in [6.07, 6.45) is 2.63. The molecule has 0 spiro atoms. The number of ether oxygens (including phenoxy) is 1. The van der Waals surface area contributed by atoms with Crippen molar-refractivity contribution >= 4 is 22.6 Å². The Bertz CT molecular complexity index is 702. The van der Waals surface area contributed by atoms with Crippen molar-refractivity contribution in [2.75, 3.05) is 25.1 Å². The van der Waals surface area contributed by atoms with Crippen LogP contribution in [-0.2, 0) is 4.74 Å². The fraction of sp³-hybridized carbons (Fsp3) is 0.333. The summed E-state index contributed by atoms with van der Waals surface area (Å²) in [6.45, 7) is 1.63. The van der Waals surface area contributed by atoms with Gasteiger partial charge in [-0.15, -0.1) is 0 Å². The molecule has 2 heterocycles. The van der Waals surface area contributed by atoms with E-state index in [-0.39, 0.29) is 11.8 Å². The Morgan fingerprint density at radius 1 is 1.52 bits per heavy atom. The van der Waals surface area contributed by atoms with Crippen LogP contribution < -0.4 is 10.6 Å². The Labute approximate surface area is 122 Å². The first-order chi connectivity index (χ1) is 10.1.